The lowest BCUT2D eigenvalue weighted by atomic mass is 9.78. The quantitative estimate of drug-likeness (QED) is 0.779. The first-order valence-corrected chi connectivity index (χ1v) is 8.74. The van der Waals surface area contributed by atoms with E-state index >= 15 is 0 Å². The summed E-state index contributed by atoms with van der Waals surface area (Å²) in [7, 11) is 1.71. The van der Waals surface area contributed by atoms with E-state index in [-0.39, 0.29) is 5.41 Å². The molecular weight excluding hydrogens is 264 g/mol. The van der Waals surface area contributed by atoms with Crippen LogP contribution < -0.4 is 0 Å². The normalized spacial score (nSPS) is 31.7. The number of carbonyl (C=O) groups is 1. The van der Waals surface area contributed by atoms with E-state index in [0.29, 0.717) is 12.5 Å². The van der Waals surface area contributed by atoms with Gasteiger partial charge >= 0.3 is 0 Å². The summed E-state index contributed by atoms with van der Waals surface area (Å²) in [5, 5.41) is 0. The zero-order chi connectivity index (χ0) is 14.7. The summed E-state index contributed by atoms with van der Waals surface area (Å²) in [5.74, 6) is 1.29. The summed E-state index contributed by atoms with van der Waals surface area (Å²) in [6.45, 7) is 5.71. The molecule has 0 bridgehead atoms. The first-order chi connectivity index (χ1) is 10.2. The summed E-state index contributed by atoms with van der Waals surface area (Å²) in [4.78, 5) is 17.5. The number of hydrogen-bond acceptors (Lipinski definition) is 3. The van der Waals surface area contributed by atoms with E-state index in [1.165, 1.54) is 32.2 Å². The van der Waals surface area contributed by atoms with E-state index in [9.17, 15) is 4.79 Å². The van der Waals surface area contributed by atoms with Crippen LogP contribution in [0.3, 0.4) is 0 Å². The molecule has 0 radical (unpaired) electrons. The summed E-state index contributed by atoms with van der Waals surface area (Å²) < 4.78 is 5.15. The molecule has 1 amide bonds. The van der Waals surface area contributed by atoms with Gasteiger partial charge in [0.1, 0.15) is 0 Å². The highest BCUT2D eigenvalue weighted by molar-refractivity contribution is 5.84. The van der Waals surface area contributed by atoms with Crippen molar-refractivity contribution in [3.8, 4) is 0 Å². The molecule has 4 heteroatoms. The number of rotatable bonds is 5. The molecule has 1 aliphatic carbocycles. The molecule has 0 N–H and O–H groups in total. The topological polar surface area (TPSA) is 32.8 Å². The third-order valence-electron chi connectivity index (χ3n) is 5.81. The second-order valence-electron chi connectivity index (χ2n) is 7.30. The summed E-state index contributed by atoms with van der Waals surface area (Å²) in [5.41, 5.74) is -0.0649. The van der Waals surface area contributed by atoms with Gasteiger partial charge in [0.25, 0.3) is 0 Å². The molecule has 2 aliphatic heterocycles. The number of ether oxygens (including phenoxy) is 1. The van der Waals surface area contributed by atoms with Crippen LogP contribution in [0, 0.1) is 11.3 Å². The Kier molecular flexibility index (Phi) is 4.85. The highest BCUT2D eigenvalue weighted by atomic mass is 16.5. The Bertz CT molecular complexity index is 368. The molecule has 1 saturated carbocycles. The van der Waals surface area contributed by atoms with Crippen molar-refractivity contribution in [2.75, 3.05) is 46.4 Å². The van der Waals surface area contributed by atoms with Crippen LogP contribution in [0.25, 0.3) is 0 Å². The molecule has 3 aliphatic rings. The fourth-order valence-electron chi connectivity index (χ4n) is 4.62. The van der Waals surface area contributed by atoms with Crippen molar-refractivity contribution in [2.45, 2.75) is 44.9 Å². The number of carbonyl (C=O) groups excluding carboxylic acids is 1. The maximum atomic E-state index is 12.9. The van der Waals surface area contributed by atoms with Gasteiger partial charge in [-0.3, -0.25) is 4.79 Å². The molecule has 0 aromatic rings. The molecule has 0 aromatic heterocycles. The molecule has 3 rings (SSSR count). The summed E-state index contributed by atoms with van der Waals surface area (Å²) in [6.07, 6.45) is 8.95. The van der Waals surface area contributed by atoms with Crippen molar-refractivity contribution in [1.29, 1.82) is 0 Å². The number of piperidine rings is 1. The Morgan fingerprint density at radius 3 is 2.76 bits per heavy atom. The minimum atomic E-state index is -0.0649. The van der Waals surface area contributed by atoms with Crippen LogP contribution in [0.15, 0.2) is 0 Å². The molecule has 120 valence electrons. The van der Waals surface area contributed by atoms with Gasteiger partial charge in [0, 0.05) is 33.3 Å². The SMILES string of the molecule is COCCN1CCCC2(CCN(CC3CCCC3)C2)C1=O. The van der Waals surface area contributed by atoms with Gasteiger partial charge in [-0.2, -0.15) is 0 Å². The van der Waals surface area contributed by atoms with Crippen LogP contribution in [0.4, 0.5) is 0 Å². The molecule has 2 saturated heterocycles. The summed E-state index contributed by atoms with van der Waals surface area (Å²) in [6, 6.07) is 0. The van der Waals surface area contributed by atoms with Crippen LogP contribution in [0.5, 0.6) is 0 Å². The maximum Gasteiger partial charge on any atom is 0.230 e. The lowest BCUT2D eigenvalue weighted by molar-refractivity contribution is -0.146. The molecule has 21 heavy (non-hydrogen) atoms. The van der Waals surface area contributed by atoms with Gasteiger partial charge in [-0.1, -0.05) is 12.8 Å². The van der Waals surface area contributed by atoms with Crippen molar-refractivity contribution in [1.82, 2.24) is 9.80 Å². The van der Waals surface area contributed by atoms with E-state index in [4.69, 9.17) is 4.74 Å². The van der Waals surface area contributed by atoms with Crippen LogP contribution in [-0.4, -0.2) is 62.1 Å². The molecule has 2 heterocycles. The molecule has 0 aromatic carbocycles. The third kappa shape index (κ3) is 3.26. The molecule has 1 unspecified atom stereocenters. The molecule has 1 spiro atoms. The lowest BCUT2D eigenvalue weighted by Crippen LogP contribution is -2.51. The van der Waals surface area contributed by atoms with Crippen LogP contribution in [0.2, 0.25) is 0 Å². The average molecular weight is 294 g/mol. The van der Waals surface area contributed by atoms with Gasteiger partial charge < -0.3 is 14.5 Å². The van der Waals surface area contributed by atoms with Crippen molar-refractivity contribution < 1.29 is 9.53 Å². The average Bonchev–Trinajstić information content (AvgIpc) is 3.12. The van der Waals surface area contributed by atoms with Gasteiger partial charge in [0.05, 0.1) is 12.0 Å². The van der Waals surface area contributed by atoms with Gasteiger partial charge in [0.2, 0.25) is 5.91 Å². The predicted octanol–water partition coefficient (Wildman–Crippen LogP) is 2.14. The Morgan fingerprint density at radius 2 is 2.00 bits per heavy atom. The summed E-state index contributed by atoms with van der Waals surface area (Å²) >= 11 is 0. The first-order valence-electron chi connectivity index (χ1n) is 8.74. The minimum absolute atomic E-state index is 0.0649. The van der Waals surface area contributed by atoms with Crippen LogP contribution in [0.1, 0.15) is 44.9 Å². The van der Waals surface area contributed by atoms with E-state index < -0.39 is 0 Å². The van der Waals surface area contributed by atoms with Crippen molar-refractivity contribution in [3.05, 3.63) is 0 Å². The van der Waals surface area contributed by atoms with Crippen molar-refractivity contribution >= 4 is 5.91 Å². The Hall–Kier alpha value is -0.610. The fraction of sp³-hybridized carbons (Fsp3) is 0.941. The first kappa shape index (κ1) is 15.3. The third-order valence-corrected chi connectivity index (χ3v) is 5.81. The number of methoxy groups -OCH3 is 1. The standard InChI is InChI=1S/C17H30N2O2/c1-21-12-11-19-9-4-7-17(16(19)20)8-10-18(14-17)13-15-5-2-3-6-15/h15H,2-14H2,1H3. The molecule has 4 nitrogen and oxygen atoms in total. The Balaban J connectivity index is 1.57. The second kappa shape index (κ2) is 6.66. The smallest absolute Gasteiger partial charge is 0.230 e. The number of likely N-dealkylation sites (tertiary alicyclic amines) is 2. The molecular formula is C17H30N2O2. The Morgan fingerprint density at radius 1 is 1.19 bits per heavy atom. The number of hydrogen-bond donors (Lipinski definition) is 0. The second-order valence-corrected chi connectivity index (χ2v) is 7.30. The van der Waals surface area contributed by atoms with Crippen LogP contribution in [-0.2, 0) is 9.53 Å². The van der Waals surface area contributed by atoms with Gasteiger partial charge in [0.15, 0.2) is 0 Å². The monoisotopic (exact) mass is 294 g/mol. The Labute approximate surface area is 128 Å². The highest BCUT2D eigenvalue weighted by Crippen LogP contribution is 2.40. The van der Waals surface area contributed by atoms with Gasteiger partial charge in [-0.25, -0.2) is 0 Å². The molecule has 1 atom stereocenters. The largest absolute Gasteiger partial charge is 0.383 e. The lowest BCUT2D eigenvalue weighted by Gasteiger charge is -2.39. The zero-order valence-corrected chi connectivity index (χ0v) is 13.5. The van der Waals surface area contributed by atoms with Gasteiger partial charge in [-0.05, 0) is 44.6 Å². The van der Waals surface area contributed by atoms with Crippen molar-refractivity contribution in [3.63, 3.8) is 0 Å². The van der Waals surface area contributed by atoms with E-state index in [2.05, 4.69) is 4.90 Å². The number of nitrogens with zero attached hydrogens (tertiary/aromatic N) is 2. The highest BCUT2D eigenvalue weighted by Gasteiger charge is 2.48. The van der Waals surface area contributed by atoms with E-state index in [0.717, 1.165) is 51.4 Å². The zero-order valence-electron chi connectivity index (χ0n) is 13.5. The fourth-order valence-corrected chi connectivity index (χ4v) is 4.62. The van der Waals surface area contributed by atoms with Gasteiger partial charge in [-0.15, -0.1) is 0 Å². The van der Waals surface area contributed by atoms with E-state index in [1.807, 2.05) is 4.90 Å². The van der Waals surface area contributed by atoms with Crippen LogP contribution >= 0.6 is 0 Å². The van der Waals surface area contributed by atoms with E-state index in [1.54, 1.807) is 7.11 Å². The minimum Gasteiger partial charge on any atom is -0.383 e. The molecule has 3 fully saturated rings. The number of amides is 1. The maximum absolute atomic E-state index is 12.9. The predicted molar refractivity (Wildman–Crippen MR) is 83.1 cm³/mol. The van der Waals surface area contributed by atoms with Crippen molar-refractivity contribution in [2.24, 2.45) is 11.3 Å².